The standard InChI is InChI=1S/C10H13N5S/c1-11-8-3-4-12-9(5-8)6-16-10-13-7-14-15(10)2/h3-5,7H,6H2,1-2H3,(H,11,12). The topological polar surface area (TPSA) is 55.6 Å². The van der Waals surface area contributed by atoms with E-state index in [4.69, 9.17) is 0 Å². The number of nitrogens with zero attached hydrogens (tertiary/aromatic N) is 4. The van der Waals surface area contributed by atoms with Gasteiger partial charge in [-0.3, -0.25) is 4.98 Å². The van der Waals surface area contributed by atoms with Crippen LogP contribution >= 0.6 is 11.8 Å². The smallest absolute Gasteiger partial charge is 0.186 e. The number of hydrogen-bond acceptors (Lipinski definition) is 5. The van der Waals surface area contributed by atoms with Crippen LogP contribution in [0.3, 0.4) is 0 Å². The van der Waals surface area contributed by atoms with Crippen molar-refractivity contribution in [1.82, 2.24) is 19.7 Å². The van der Waals surface area contributed by atoms with E-state index in [2.05, 4.69) is 20.4 Å². The van der Waals surface area contributed by atoms with Crippen molar-refractivity contribution in [3.63, 3.8) is 0 Å². The first kappa shape index (κ1) is 10.9. The van der Waals surface area contributed by atoms with Crippen molar-refractivity contribution >= 4 is 17.4 Å². The number of nitrogens with one attached hydrogen (secondary N) is 1. The molecule has 2 rings (SSSR count). The van der Waals surface area contributed by atoms with Crippen LogP contribution in [0.5, 0.6) is 0 Å². The molecule has 2 heterocycles. The lowest BCUT2D eigenvalue weighted by molar-refractivity contribution is 0.685. The number of anilines is 1. The van der Waals surface area contributed by atoms with E-state index in [0.717, 1.165) is 22.3 Å². The summed E-state index contributed by atoms with van der Waals surface area (Å²) in [6, 6.07) is 3.97. The molecule has 0 unspecified atom stereocenters. The van der Waals surface area contributed by atoms with Gasteiger partial charge in [0.1, 0.15) is 6.33 Å². The molecule has 84 valence electrons. The third-order valence-corrected chi connectivity index (χ3v) is 3.19. The van der Waals surface area contributed by atoms with Gasteiger partial charge in [0, 0.05) is 31.7 Å². The molecule has 0 spiro atoms. The maximum atomic E-state index is 4.30. The Morgan fingerprint density at radius 2 is 2.31 bits per heavy atom. The van der Waals surface area contributed by atoms with Crippen LogP contribution in [0.1, 0.15) is 5.69 Å². The highest BCUT2D eigenvalue weighted by atomic mass is 32.2. The minimum absolute atomic E-state index is 0.794. The summed E-state index contributed by atoms with van der Waals surface area (Å²) < 4.78 is 1.76. The third kappa shape index (κ3) is 2.52. The average Bonchev–Trinajstić information content (AvgIpc) is 2.72. The molecule has 0 aliphatic carbocycles. The van der Waals surface area contributed by atoms with E-state index in [1.165, 1.54) is 0 Å². The number of thioether (sulfide) groups is 1. The Balaban J connectivity index is 2.02. The van der Waals surface area contributed by atoms with Crippen molar-refractivity contribution in [1.29, 1.82) is 0 Å². The van der Waals surface area contributed by atoms with Crippen LogP contribution in [0.2, 0.25) is 0 Å². The maximum Gasteiger partial charge on any atom is 0.186 e. The zero-order valence-corrected chi connectivity index (χ0v) is 10.0. The van der Waals surface area contributed by atoms with Gasteiger partial charge in [-0.1, -0.05) is 11.8 Å². The summed E-state index contributed by atoms with van der Waals surface area (Å²) in [4.78, 5) is 8.44. The van der Waals surface area contributed by atoms with Crippen molar-refractivity contribution in [2.24, 2.45) is 7.05 Å². The Hall–Kier alpha value is -1.56. The molecule has 2 aromatic rings. The molecule has 0 aliphatic rings. The molecule has 0 aliphatic heterocycles. The molecule has 1 N–H and O–H groups in total. The van der Waals surface area contributed by atoms with E-state index in [1.54, 1.807) is 29.0 Å². The van der Waals surface area contributed by atoms with Crippen molar-refractivity contribution < 1.29 is 0 Å². The molecular weight excluding hydrogens is 222 g/mol. The number of hydrogen-bond donors (Lipinski definition) is 1. The fourth-order valence-electron chi connectivity index (χ4n) is 1.27. The summed E-state index contributed by atoms with van der Waals surface area (Å²) in [5.74, 6) is 0.794. The normalized spacial score (nSPS) is 10.4. The van der Waals surface area contributed by atoms with Crippen LogP contribution in [-0.4, -0.2) is 26.8 Å². The number of aryl methyl sites for hydroxylation is 1. The summed E-state index contributed by atoms with van der Waals surface area (Å²) in [5.41, 5.74) is 2.10. The van der Waals surface area contributed by atoms with E-state index in [0.29, 0.717) is 0 Å². The van der Waals surface area contributed by atoms with E-state index < -0.39 is 0 Å². The van der Waals surface area contributed by atoms with E-state index in [-0.39, 0.29) is 0 Å². The SMILES string of the molecule is CNc1ccnc(CSc2ncnn2C)c1. The first-order valence-electron chi connectivity index (χ1n) is 4.89. The molecule has 0 saturated heterocycles. The van der Waals surface area contributed by atoms with Gasteiger partial charge >= 0.3 is 0 Å². The largest absolute Gasteiger partial charge is 0.388 e. The fourth-order valence-corrected chi connectivity index (χ4v) is 2.06. The monoisotopic (exact) mass is 235 g/mol. The van der Waals surface area contributed by atoms with Gasteiger partial charge in [0.2, 0.25) is 0 Å². The van der Waals surface area contributed by atoms with Gasteiger partial charge < -0.3 is 5.32 Å². The predicted molar refractivity (Wildman–Crippen MR) is 64.3 cm³/mol. The predicted octanol–water partition coefficient (Wildman–Crippen LogP) is 1.54. The third-order valence-electron chi connectivity index (χ3n) is 2.12. The Bertz CT molecular complexity index is 468. The Labute approximate surface area is 98.3 Å². The zero-order valence-electron chi connectivity index (χ0n) is 9.21. The van der Waals surface area contributed by atoms with Crippen LogP contribution in [-0.2, 0) is 12.8 Å². The molecule has 2 aromatic heterocycles. The molecule has 16 heavy (non-hydrogen) atoms. The van der Waals surface area contributed by atoms with Crippen LogP contribution in [0, 0.1) is 0 Å². The van der Waals surface area contributed by atoms with Crippen LogP contribution in [0.15, 0.2) is 29.8 Å². The first-order chi connectivity index (χ1) is 7.79. The Kier molecular flexibility index (Phi) is 3.40. The lowest BCUT2D eigenvalue weighted by atomic mass is 10.3. The molecule has 5 nitrogen and oxygen atoms in total. The van der Waals surface area contributed by atoms with Crippen LogP contribution in [0.4, 0.5) is 5.69 Å². The van der Waals surface area contributed by atoms with Crippen molar-refractivity contribution in [2.75, 3.05) is 12.4 Å². The summed E-state index contributed by atoms with van der Waals surface area (Å²) in [5, 5.41) is 8.00. The van der Waals surface area contributed by atoms with Gasteiger partial charge in [-0.05, 0) is 12.1 Å². The fraction of sp³-hybridized carbons (Fsp3) is 0.300. The minimum atomic E-state index is 0.794. The van der Waals surface area contributed by atoms with Crippen molar-refractivity contribution in [2.45, 2.75) is 10.9 Å². The molecule has 0 atom stereocenters. The van der Waals surface area contributed by atoms with Gasteiger partial charge in [-0.2, -0.15) is 5.10 Å². The minimum Gasteiger partial charge on any atom is -0.388 e. The van der Waals surface area contributed by atoms with E-state index >= 15 is 0 Å². The van der Waals surface area contributed by atoms with Gasteiger partial charge in [-0.25, -0.2) is 9.67 Å². The second-order valence-electron chi connectivity index (χ2n) is 3.24. The number of aromatic nitrogens is 4. The first-order valence-corrected chi connectivity index (χ1v) is 5.87. The van der Waals surface area contributed by atoms with Gasteiger partial charge in [-0.15, -0.1) is 0 Å². The van der Waals surface area contributed by atoms with E-state index in [9.17, 15) is 0 Å². The molecule has 0 amide bonds. The molecular formula is C10H13N5S. The summed E-state index contributed by atoms with van der Waals surface area (Å²) in [6.07, 6.45) is 3.36. The molecule has 0 radical (unpaired) electrons. The molecule has 0 fully saturated rings. The number of pyridine rings is 1. The second kappa shape index (κ2) is 4.98. The highest BCUT2D eigenvalue weighted by Crippen LogP contribution is 2.19. The maximum absolute atomic E-state index is 4.30. The quantitative estimate of drug-likeness (QED) is 0.815. The highest BCUT2D eigenvalue weighted by Gasteiger charge is 2.03. The zero-order chi connectivity index (χ0) is 11.4. The second-order valence-corrected chi connectivity index (χ2v) is 4.18. The molecule has 0 bridgehead atoms. The van der Waals surface area contributed by atoms with Crippen molar-refractivity contribution in [3.8, 4) is 0 Å². The lowest BCUT2D eigenvalue weighted by Gasteiger charge is -2.03. The lowest BCUT2D eigenvalue weighted by Crippen LogP contribution is -1.95. The molecule has 6 heteroatoms. The molecule has 0 saturated carbocycles. The summed E-state index contributed by atoms with van der Waals surface area (Å²) in [6.45, 7) is 0. The highest BCUT2D eigenvalue weighted by molar-refractivity contribution is 7.98. The Morgan fingerprint density at radius 3 is 3.00 bits per heavy atom. The Morgan fingerprint density at radius 1 is 1.44 bits per heavy atom. The summed E-state index contributed by atoms with van der Waals surface area (Å²) in [7, 11) is 3.78. The van der Waals surface area contributed by atoms with Crippen molar-refractivity contribution in [3.05, 3.63) is 30.4 Å². The van der Waals surface area contributed by atoms with Crippen LogP contribution in [0.25, 0.3) is 0 Å². The van der Waals surface area contributed by atoms with Gasteiger partial charge in [0.05, 0.1) is 5.69 Å². The van der Waals surface area contributed by atoms with Gasteiger partial charge in [0.25, 0.3) is 0 Å². The van der Waals surface area contributed by atoms with E-state index in [1.807, 2.05) is 26.2 Å². The average molecular weight is 235 g/mol. The van der Waals surface area contributed by atoms with Gasteiger partial charge in [0.15, 0.2) is 5.16 Å². The number of rotatable bonds is 4. The molecule has 0 aromatic carbocycles. The van der Waals surface area contributed by atoms with Crippen LogP contribution < -0.4 is 5.32 Å². The summed E-state index contributed by atoms with van der Waals surface area (Å²) >= 11 is 1.63.